The van der Waals surface area contributed by atoms with Crippen LogP contribution in [0.15, 0.2) is 29.1 Å². The highest BCUT2D eigenvalue weighted by Crippen LogP contribution is 2.23. The average Bonchev–Trinajstić information content (AvgIpc) is 2.73. The summed E-state index contributed by atoms with van der Waals surface area (Å²) in [6.07, 6.45) is 0. The molecule has 3 N–H and O–H groups in total. The Morgan fingerprint density at radius 1 is 1.14 bits per heavy atom. The van der Waals surface area contributed by atoms with Crippen LogP contribution in [0.1, 0.15) is 26.3 Å². The monoisotopic (exact) mass is 298 g/mol. The summed E-state index contributed by atoms with van der Waals surface area (Å²) < 4.78 is 14.4. The molecule has 2 amide bonds. The van der Waals surface area contributed by atoms with Crippen LogP contribution in [0.2, 0.25) is 0 Å². The Morgan fingerprint density at radius 3 is 2.55 bits per heavy atom. The van der Waals surface area contributed by atoms with Crippen molar-refractivity contribution in [2.45, 2.75) is 0 Å². The van der Waals surface area contributed by atoms with Gasteiger partial charge in [0.05, 0.1) is 28.4 Å². The number of imide groups is 1. The van der Waals surface area contributed by atoms with Crippen LogP contribution in [-0.2, 0) is 0 Å². The number of nitrogens with two attached hydrogens (primary N) is 1. The molecule has 0 unspecified atom stereocenters. The molecule has 0 aliphatic carbocycles. The lowest BCUT2D eigenvalue weighted by Crippen LogP contribution is -2.24. The zero-order chi connectivity index (χ0) is 16.0. The summed E-state index contributed by atoms with van der Waals surface area (Å²) in [5.41, 5.74) is 4.81. The van der Waals surface area contributed by atoms with Gasteiger partial charge in [-0.3, -0.25) is 24.3 Å². The Bertz CT molecular complexity index is 956. The lowest BCUT2D eigenvalue weighted by atomic mass is 10.1. The van der Waals surface area contributed by atoms with Crippen molar-refractivity contribution < 1.29 is 14.0 Å². The fourth-order valence-corrected chi connectivity index (χ4v) is 2.31. The molecule has 0 spiro atoms. The number of halogens is 1. The molecule has 0 saturated heterocycles. The minimum atomic E-state index is -0.735. The molecule has 3 rings (SSSR count). The molecule has 2 heterocycles. The minimum absolute atomic E-state index is 0.00556. The third-order valence-electron chi connectivity index (χ3n) is 3.22. The summed E-state index contributed by atoms with van der Waals surface area (Å²) in [5, 5.41) is 10.9. The van der Waals surface area contributed by atoms with Crippen LogP contribution in [0.3, 0.4) is 0 Å². The normalized spacial score (nSPS) is 12.7. The Kier molecular flexibility index (Phi) is 2.78. The van der Waals surface area contributed by atoms with Crippen LogP contribution < -0.4 is 16.6 Å². The Hall–Kier alpha value is -3.47. The number of benzene rings is 1. The Morgan fingerprint density at radius 2 is 1.86 bits per heavy atom. The van der Waals surface area contributed by atoms with Crippen molar-refractivity contribution in [3.05, 3.63) is 57.1 Å². The third kappa shape index (κ3) is 1.84. The van der Waals surface area contributed by atoms with E-state index >= 15 is 0 Å². The Balaban J connectivity index is 2.35. The molecule has 0 fully saturated rings. The van der Waals surface area contributed by atoms with Gasteiger partial charge in [-0.15, -0.1) is 0 Å². The maximum Gasteiger partial charge on any atom is 0.262 e. The van der Waals surface area contributed by atoms with Gasteiger partial charge in [-0.2, -0.15) is 5.26 Å². The van der Waals surface area contributed by atoms with Gasteiger partial charge >= 0.3 is 0 Å². The van der Waals surface area contributed by atoms with Crippen LogP contribution in [0.5, 0.6) is 0 Å². The molecule has 1 aliphatic heterocycles. The van der Waals surface area contributed by atoms with E-state index in [2.05, 4.69) is 0 Å². The molecule has 0 bridgehead atoms. The van der Waals surface area contributed by atoms with Crippen LogP contribution in [-0.4, -0.2) is 16.4 Å². The zero-order valence-corrected chi connectivity index (χ0v) is 10.9. The number of nitrogen functional groups attached to an aromatic ring is 1. The number of hydrogen-bond donors (Lipinski definition) is 2. The number of nitrogens with one attached hydrogen (secondary N) is 1. The Labute approximate surface area is 122 Å². The summed E-state index contributed by atoms with van der Waals surface area (Å²) >= 11 is 0. The second-order valence-electron chi connectivity index (χ2n) is 4.59. The second kappa shape index (κ2) is 4.53. The molecule has 0 atom stereocenters. The highest BCUT2D eigenvalue weighted by molar-refractivity contribution is 6.23. The summed E-state index contributed by atoms with van der Waals surface area (Å²) in [6, 6.07) is 5.95. The molecule has 108 valence electrons. The number of nitrogens with zero attached hydrogens (tertiary/aromatic N) is 2. The molecule has 0 saturated carbocycles. The largest absolute Gasteiger partial charge is 0.384 e. The first-order valence-electron chi connectivity index (χ1n) is 6.04. The first-order chi connectivity index (χ1) is 10.4. The quantitative estimate of drug-likeness (QED) is 0.735. The number of anilines is 1. The highest BCUT2D eigenvalue weighted by atomic mass is 19.1. The van der Waals surface area contributed by atoms with E-state index in [-0.39, 0.29) is 28.2 Å². The number of rotatable bonds is 1. The molecule has 8 heteroatoms. The SMILES string of the molecule is N#Cc1cc(F)cc(-n2c(N)c3c(cc2=O)C(=O)NC3=O)c1. The summed E-state index contributed by atoms with van der Waals surface area (Å²) in [6.45, 7) is 0. The van der Waals surface area contributed by atoms with E-state index in [1.54, 1.807) is 6.07 Å². The zero-order valence-electron chi connectivity index (χ0n) is 10.9. The van der Waals surface area contributed by atoms with Gasteiger partial charge in [-0.05, 0) is 18.2 Å². The first kappa shape index (κ1) is 13.5. The molecule has 0 radical (unpaired) electrons. The molecular weight excluding hydrogens is 291 g/mol. The van der Waals surface area contributed by atoms with Crippen LogP contribution in [0.4, 0.5) is 10.2 Å². The maximum atomic E-state index is 13.5. The lowest BCUT2D eigenvalue weighted by molar-refractivity contribution is 0.0880. The number of amides is 2. The fraction of sp³-hybridized carbons (Fsp3) is 0. The van der Waals surface area contributed by atoms with E-state index in [1.165, 1.54) is 6.07 Å². The van der Waals surface area contributed by atoms with Crippen molar-refractivity contribution >= 4 is 17.6 Å². The number of carbonyl (C=O) groups is 2. The molecule has 7 nitrogen and oxygen atoms in total. The van der Waals surface area contributed by atoms with Crippen molar-refractivity contribution in [1.29, 1.82) is 5.26 Å². The van der Waals surface area contributed by atoms with E-state index in [1.807, 2.05) is 5.32 Å². The van der Waals surface area contributed by atoms with E-state index in [0.717, 1.165) is 22.8 Å². The van der Waals surface area contributed by atoms with E-state index in [4.69, 9.17) is 11.0 Å². The average molecular weight is 298 g/mol. The highest BCUT2D eigenvalue weighted by Gasteiger charge is 2.31. The summed E-state index contributed by atoms with van der Waals surface area (Å²) in [5.74, 6) is -2.47. The number of carbonyl (C=O) groups excluding carboxylic acids is 2. The van der Waals surface area contributed by atoms with E-state index in [0.29, 0.717) is 0 Å². The summed E-state index contributed by atoms with van der Waals surface area (Å²) in [4.78, 5) is 35.4. The first-order valence-corrected chi connectivity index (χ1v) is 6.04. The van der Waals surface area contributed by atoms with Gasteiger partial charge in [-0.25, -0.2) is 4.39 Å². The molecule has 2 aromatic rings. The van der Waals surface area contributed by atoms with Crippen LogP contribution in [0.25, 0.3) is 5.69 Å². The molecule has 1 aromatic carbocycles. The fourth-order valence-electron chi connectivity index (χ4n) is 2.31. The predicted molar refractivity (Wildman–Crippen MR) is 72.9 cm³/mol. The van der Waals surface area contributed by atoms with Crippen molar-refractivity contribution in [1.82, 2.24) is 9.88 Å². The standard InChI is InChI=1S/C14H7FN4O3/c15-7-1-6(5-16)2-8(3-7)19-10(20)4-9-11(12(19)17)14(22)18-13(9)21/h1-4H,17H2,(H,18,21,22). The van der Waals surface area contributed by atoms with Gasteiger partial charge in [0.1, 0.15) is 11.6 Å². The van der Waals surface area contributed by atoms with Gasteiger partial charge in [-0.1, -0.05) is 0 Å². The van der Waals surface area contributed by atoms with Crippen molar-refractivity contribution in [3.63, 3.8) is 0 Å². The van der Waals surface area contributed by atoms with E-state index in [9.17, 15) is 18.8 Å². The minimum Gasteiger partial charge on any atom is -0.384 e. The number of hydrogen-bond acceptors (Lipinski definition) is 5. The molecule has 1 aliphatic rings. The van der Waals surface area contributed by atoms with Crippen molar-refractivity contribution in [2.75, 3.05) is 5.73 Å². The predicted octanol–water partition coefficient (Wildman–Crippen LogP) is 0.314. The molecule has 1 aromatic heterocycles. The van der Waals surface area contributed by atoms with Gasteiger partial charge in [0, 0.05) is 6.07 Å². The number of nitriles is 1. The number of fused-ring (bicyclic) bond motifs is 1. The van der Waals surface area contributed by atoms with Gasteiger partial charge in [0.2, 0.25) is 0 Å². The van der Waals surface area contributed by atoms with Crippen molar-refractivity contribution in [3.8, 4) is 11.8 Å². The molecule has 22 heavy (non-hydrogen) atoms. The summed E-state index contributed by atoms with van der Waals surface area (Å²) in [7, 11) is 0. The topological polar surface area (TPSA) is 118 Å². The van der Waals surface area contributed by atoms with E-state index < -0.39 is 23.2 Å². The second-order valence-corrected chi connectivity index (χ2v) is 4.59. The number of aromatic nitrogens is 1. The van der Waals surface area contributed by atoms with Gasteiger partial charge in [0.15, 0.2) is 0 Å². The third-order valence-corrected chi connectivity index (χ3v) is 3.22. The smallest absolute Gasteiger partial charge is 0.262 e. The van der Waals surface area contributed by atoms with Crippen LogP contribution >= 0.6 is 0 Å². The van der Waals surface area contributed by atoms with Gasteiger partial charge < -0.3 is 5.73 Å². The van der Waals surface area contributed by atoms with Gasteiger partial charge in [0.25, 0.3) is 17.4 Å². The lowest BCUT2D eigenvalue weighted by Gasteiger charge is -2.12. The number of pyridine rings is 1. The van der Waals surface area contributed by atoms with Crippen LogP contribution in [0, 0.1) is 17.1 Å². The van der Waals surface area contributed by atoms with Crippen molar-refractivity contribution in [2.24, 2.45) is 0 Å². The molecular formula is C14H7FN4O3. The maximum absolute atomic E-state index is 13.5.